The van der Waals surface area contributed by atoms with E-state index in [0.717, 1.165) is 24.5 Å². The first-order valence-electron chi connectivity index (χ1n) is 9.94. The second-order valence-corrected chi connectivity index (χ2v) is 7.62. The van der Waals surface area contributed by atoms with Gasteiger partial charge in [0.05, 0.1) is 11.2 Å². The van der Waals surface area contributed by atoms with Gasteiger partial charge in [-0.2, -0.15) is 0 Å². The third kappa shape index (κ3) is 2.68. The first-order valence-corrected chi connectivity index (χ1v) is 9.94. The van der Waals surface area contributed by atoms with Crippen molar-refractivity contribution in [2.45, 2.75) is 33.1 Å². The number of hydrogen-bond donors (Lipinski definition) is 1. The van der Waals surface area contributed by atoms with E-state index in [1.54, 1.807) is 0 Å². The summed E-state index contributed by atoms with van der Waals surface area (Å²) in [5, 5.41) is 16.3. The molecule has 5 rings (SSSR count). The summed E-state index contributed by atoms with van der Waals surface area (Å²) in [6.45, 7) is 6.49. The SMILES string of the molecule is Cc1cc2c(N3CCCCC3)c(-c3nnn[nH]3)n(-c3ccccc3)c2cc1C. The van der Waals surface area contributed by atoms with Crippen molar-refractivity contribution in [3.05, 3.63) is 53.6 Å². The van der Waals surface area contributed by atoms with Gasteiger partial charge in [0, 0.05) is 24.2 Å². The maximum absolute atomic E-state index is 4.30. The number of piperidine rings is 1. The number of tetrazole rings is 1. The molecule has 0 bridgehead atoms. The Bertz CT molecular complexity index is 1110. The summed E-state index contributed by atoms with van der Waals surface area (Å²) in [6, 6.07) is 15.1. The largest absolute Gasteiger partial charge is 0.369 e. The highest BCUT2D eigenvalue weighted by Gasteiger charge is 2.27. The maximum atomic E-state index is 4.30. The fourth-order valence-corrected chi connectivity index (χ4v) is 4.29. The third-order valence-electron chi connectivity index (χ3n) is 5.81. The average molecular weight is 372 g/mol. The van der Waals surface area contributed by atoms with Gasteiger partial charge in [-0.05, 0) is 78.9 Å². The minimum absolute atomic E-state index is 0.705. The molecule has 1 fully saturated rings. The van der Waals surface area contributed by atoms with Crippen molar-refractivity contribution in [2.24, 2.45) is 0 Å². The monoisotopic (exact) mass is 372 g/mol. The summed E-state index contributed by atoms with van der Waals surface area (Å²) in [7, 11) is 0. The summed E-state index contributed by atoms with van der Waals surface area (Å²) in [6.07, 6.45) is 3.74. The van der Waals surface area contributed by atoms with Crippen LogP contribution in [0.3, 0.4) is 0 Å². The molecule has 2 aromatic heterocycles. The van der Waals surface area contributed by atoms with Crippen LogP contribution in [0, 0.1) is 13.8 Å². The number of nitrogens with zero attached hydrogens (tertiary/aromatic N) is 5. The number of H-pyrrole nitrogens is 1. The van der Waals surface area contributed by atoms with Crippen LogP contribution in [0.15, 0.2) is 42.5 Å². The summed E-state index contributed by atoms with van der Waals surface area (Å²) >= 11 is 0. The summed E-state index contributed by atoms with van der Waals surface area (Å²) in [5.74, 6) is 0.705. The Balaban J connectivity index is 1.90. The molecule has 1 N–H and O–H groups in total. The lowest BCUT2D eigenvalue weighted by Crippen LogP contribution is -2.29. The van der Waals surface area contributed by atoms with Gasteiger partial charge in [0.1, 0.15) is 5.69 Å². The number of fused-ring (bicyclic) bond motifs is 1. The van der Waals surface area contributed by atoms with Crippen molar-refractivity contribution < 1.29 is 0 Å². The molecule has 0 saturated carbocycles. The van der Waals surface area contributed by atoms with Crippen LogP contribution in [0.25, 0.3) is 28.1 Å². The molecule has 0 atom stereocenters. The van der Waals surface area contributed by atoms with Gasteiger partial charge in [0.15, 0.2) is 5.82 Å². The third-order valence-corrected chi connectivity index (χ3v) is 5.81. The fourth-order valence-electron chi connectivity index (χ4n) is 4.29. The number of anilines is 1. The first kappa shape index (κ1) is 17.0. The lowest BCUT2D eigenvalue weighted by atomic mass is 10.0. The highest BCUT2D eigenvalue weighted by atomic mass is 15.5. The number of aromatic amines is 1. The Kier molecular flexibility index (Phi) is 4.11. The molecule has 3 heterocycles. The van der Waals surface area contributed by atoms with Crippen molar-refractivity contribution in [3.8, 4) is 17.2 Å². The number of nitrogens with one attached hydrogen (secondary N) is 1. The van der Waals surface area contributed by atoms with Gasteiger partial charge in [-0.25, -0.2) is 5.10 Å². The molecule has 4 aromatic rings. The highest BCUT2D eigenvalue weighted by Crippen LogP contribution is 2.42. The molecular formula is C22H24N6. The average Bonchev–Trinajstić information content (AvgIpc) is 3.36. The maximum Gasteiger partial charge on any atom is 0.198 e. The van der Waals surface area contributed by atoms with E-state index >= 15 is 0 Å². The molecule has 1 aliphatic rings. The lowest BCUT2D eigenvalue weighted by molar-refractivity contribution is 0.579. The molecule has 6 nitrogen and oxygen atoms in total. The molecule has 2 aromatic carbocycles. The first-order chi connectivity index (χ1) is 13.7. The van der Waals surface area contributed by atoms with Crippen LogP contribution in [0.2, 0.25) is 0 Å². The van der Waals surface area contributed by atoms with E-state index in [0.29, 0.717) is 5.82 Å². The van der Waals surface area contributed by atoms with Crippen LogP contribution in [-0.4, -0.2) is 38.3 Å². The van der Waals surface area contributed by atoms with Crippen LogP contribution in [0.1, 0.15) is 30.4 Å². The Morgan fingerprint density at radius 3 is 2.39 bits per heavy atom. The Labute approximate surface area is 164 Å². The van der Waals surface area contributed by atoms with E-state index < -0.39 is 0 Å². The van der Waals surface area contributed by atoms with E-state index in [1.807, 2.05) is 6.07 Å². The normalized spacial score (nSPS) is 14.7. The van der Waals surface area contributed by atoms with Gasteiger partial charge < -0.3 is 9.47 Å². The van der Waals surface area contributed by atoms with Gasteiger partial charge in [-0.15, -0.1) is 5.10 Å². The molecule has 0 amide bonds. The van der Waals surface area contributed by atoms with E-state index in [-0.39, 0.29) is 0 Å². The standard InChI is InChI=1S/C22H24N6/c1-15-13-18-19(14-16(15)2)28(17-9-5-3-6-10-17)21(22-23-25-26-24-22)20(18)27-11-7-4-8-12-27/h3,5-6,9-10,13-14H,4,7-8,11-12H2,1-2H3,(H,23,24,25,26). The minimum Gasteiger partial charge on any atom is -0.369 e. The summed E-state index contributed by atoms with van der Waals surface area (Å²) in [4.78, 5) is 2.51. The molecule has 1 aliphatic heterocycles. The molecule has 0 spiro atoms. The zero-order chi connectivity index (χ0) is 19.1. The number of rotatable bonds is 3. The quantitative estimate of drug-likeness (QED) is 0.578. The van der Waals surface area contributed by atoms with Crippen molar-refractivity contribution in [3.63, 3.8) is 0 Å². The number of aromatic nitrogens is 5. The number of benzene rings is 2. The van der Waals surface area contributed by atoms with Crippen LogP contribution in [-0.2, 0) is 0 Å². The zero-order valence-corrected chi connectivity index (χ0v) is 16.3. The van der Waals surface area contributed by atoms with Crippen LogP contribution < -0.4 is 4.90 Å². The predicted octanol–water partition coefficient (Wildman–Crippen LogP) is 4.42. The lowest BCUT2D eigenvalue weighted by Gasteiger charge is -2.29. The van der Waals surface area contributed by atoms with E-state index in [2.05, 4.69) is 80.3 Å². The van der Waals surface area contributed by atoms with Crippen molar-refractivity contribution >= 4 is 16.6 Å². The highest BCUT2D eigenvalue weighted by molar-refractivity contribution is 6.03. The van der Waals surface area contributed by atoms with Crippen molar-refractivity contribution in [1.29, 1.82) is 0 Å². The van der Waals surface area contributed by atoms with E-state index in [9.17, 15) is 0 Å². The van der Waals surface area contributed by atoms with Gasteiger partial charge >= 0.3 is 0 Å². The van der Waals surface area contributed by atoms with Crippen molar-refractivity contribution in [1.82, 2.24) is 25.2 Å². The van der Waals surface area contributed by atoms with E-state index in [4.69, 9.17) is 0 Å². The Hall–Kier alpha value is -3.15. The molecular weight excluding hydrogens is 348 g/mol. The predicted molar refractivity (Wildman–Crippen MR) is 112 cm³/mol. The number of para-hydroxylation sites is 1. The second-order valence-electron chi connectivity index (χ2n) is 7.62. The minimum atomic E-state index is 0.705. The molecule has 28 heavy (non-hydrogen) atoms. The van der Waals surface area contributed by atoms with Gasteiger partial charge in [-0.3, -0.25) is 0 Å². The van der Waals surface area contributed by atoms with E-state index in [1.165, 1.54) is 47.0 Å². The van der Waals surface area contributed by atoms with Gasteiger partial charge in [0.25, 0.3) is 0 Å². The molecule has 0 unspecified atom stereocenters. The summed E-state index contributed by atoms with van der Waals surface area (Å²) in [5.41, 5.74) is 7.18. The molecule has 1 saturated heterocycles. The smallest absolute Gasteiger partial charge is 0.198 e. The molecule has 142 valence electrons. The Morgan fingerprint density at radius 2 is 1.68 bits per heavy atom. The molecule has 0 aliphatic carbocycles. The number of aryl methyl sites for hydroxylation is 2. The molecule has 0 radical (unpaired) electrons. The van der Waals surface area contributed by atoms with Crippen LogP contribution >= 0.6 is 0 Å². The fraction of sp³-hybridized carbons (Fsp3) is 0.318. The topological polar surface area (TPSA) is 62.6 Å². The van der Waals surface area contributed by atoms with Gasteiger partial charge in [-0.1, -0.05) is 18.2 Å². The van der Waals surface area contributed by atoms with Crippen LogP contribution in [0.5, 0.6) is 0 Å². The number of hydrogen-bond acceptors (Lipinski definition) is 4. The van der Waals surface area contributed by atoms with Crippen molar-refractivity contribution in [2.75, 3.05) is 18.0 Å². The zero-order valence-electron chi connectivity index (χ0n) is 16.3. The Morgan fingerprint density at radius 1 is 0.929 bits per heavy atom. The second kappa shape index (κ2) is 6.78. The summed E-state index contributed by atoms with van der Waals surface area (Å²) < 4.78 is 2.30. The van der Waals surface area contributed by atoms with Crippen LogP contribution in [0.4, 0.5) is 5.69 Å². The van der Waals surface area contributed by atoms with Gasteiger partial charge in [0.2, 0.25) is 0 Å². The molecule has 6 heteroatoms.